The molecule has 2 heterocycles. The molecule has 0 spiro atoms. The SMILES string of the molecule is CCN1CCN([C@H](C(=O)O)c2cn(C)c3ccc(C(=O)O)cc23)CC1. The number of benzene rings is 1. The van der Waals surface area contributed by atoms with Crippen LogP contribution in [0.1, 0.15) is 28.9 Å². The summed E-state index contributed by atoms with van der Waals surface area (Å²) in [5.41, 5.74) is 1.65. The number of piperazine rings is 1. The van der Waals surface area contributed by atoms with Crippen molar-refractivity contribution in [3.8, 4) is 0 Å². The van der Waals surface area contributed by atoms with Gasteiger partial charge in [-0.25, -0.2) is 4.79 Å². The quantitative estimate of drug-likeness (QED) is 0.857. The molecular weight excluding hydrogens is 322 g/mol. The number of hydrogen-bond acceptors (Lipinski definition) is 4. The third-order valence-corrected chi connectivity index (χ3v) is 5.01. The number of carbonyl (C=O) groups is 2. The first-order chi connectivity index (χ1) is 11.9. The maximum Gasteiger partial charge on any atom is 0.335 e. The lowest BCUT2D eigenvalue weighted by Crippen LogP contribution is -2.49. The molecular formula is C18H23N3O4. The summed E-state index contributed by atoms with van der Waals surface area (Å²) in [6, 6.07) is 4.08. The maximum atomic E-state index is 12.0. The van der Waals surface area contributed by atoms with Crippen LogP contribution in [0, 0.1) is 0 Å². The largest absolute Gasteiger partial charge is 0.480 e. The van der Waals surface area contributed by atoms with Crippen molar-refractivity contribution >= 4 is 22.8 Å². The van der Waals surface area contributed by atoms with Gasteiger partial charge in [0, 0.05) is 55.9 Å². The molecule has 7 nitrogen and oxygen atoms in total. The van der Waals surface area contributed by atoms with E-state index >= 15 is 0 Å². The van der Waals surface area contributed by atoms with Gasteiger partial charge in [0.05, 0.1) is 5.56 Å². The number of rotatable bonds is 5. The lowest BCUT2D eigenvalue weighted by Gasteiger charge is -2.37. The highest BCUT2D eigenvalue weighted by atomic mass is 16.4. The molecule has 1 aliphatic heterocycles. The molecule has 1 aliphatic rings. The van der Waals surface area contributed by atoms with Gasteiger partial charge >= 0.3 is 11.9 Å². The summed E-state index contributed by atoms with van der Waals surface area (Å²) in [7, 11) is 1.85. The average Bonchev–Trinajstić information content (AvgIpc) is 2.91. The van der Waals surface area contributed by atoms with Gasteiger partial charge in [-0.1, -0.05) is 6.92 Å². The molecule has 2 aromatic rings. The summed E-state index contributed by atoms with van der Waals surface area (Å²) in [5, 5.41) is 19.8. The van der Waals surface area contributed by atoms with Gasteiger partial charge in [0.1, 0.15) is 6.04 Å². The van der Waals surface area contributed by atoms with Crippen LogP contribution in [0.4, 0.5) is 0 Å². The molecule has 0 unspecified atom stereocenters. The summed E-state index contributed by atoms with van der Waals surface area (Å²) in [5.74, 6) is -1.92. The van der Waals surface area contributed by atoms with Crippen molar-refractivity contribution in [3.05, 3.63) is 35.5 Å². The van der Waals surface area contributed by atoms with Gasteiger partial charge in [-0.05, 0) is 24.7 Å². The van der Waals surface area contributed by atoms with Crippen LogP contribution in [-0.2, 0) is 11.8 Å². The molecule has 0 bridgehead atoms. The number of nitrogens with zero attached hydrogens (tertiary/aromatic N) is 3. The number of likely N-dealkylation sites (N-methyl/N-ethyl adjacent to an activating group) is 1. The topological polar surface area (TPSA) is 86.0 Å². The zero-order valence-electron chi connectivity index (χ0n) is 14.5. The normalized spacial score (nSPS) is 17.7. The van der Waals surface area contributed by atoms with Crippen molar-refractivity contribution in [1.82, 2.24) is 14.4 Å². The Morgan fingerprint density at radius 3 is 2.40 bits per heavy atom. The highest BCUT2D eigenvalue weighted by molar-refractivity contribution is 5.96. The van der Waals surface area contributed by atoms with Crippen molar-refractivity contribution in [2.75, 3.05) is 32.7 Å². The van der Waals surface area contributed by atoms with Crippen LogP contribution in [-0.4, -0.2) is 69.2 Å². The lowest BCUT2D eigenvalue weighted by molar-refractivity contribution is -0.144. The monoisotopic (exact) mass is 345 g/mol. The second-order valence-corrected chi connectivity index (χ2v) is 6.44. The van der Waals surface area contributed by atoms with Crippen molar-refractivity contribution in [2.24, 2.45) is 7.05 Å². The Kier molecular flexibility index (Phi) is 4.78. The number of aromatic nitrogens is 1. The fourth-order valence-electron chi connectivity index (χ4n) is 3.60. The molecule has 1 aromatic carbocycles. The van der Waals surface area contributed by atoms with E-state index in [1.165, 1.54) is 0 Å². The zero-order valence-corrected chi connectivity index (χ0v) is 14.5. The zero-order chi connectivity index (χ0) is 18.1. The molecule has 1 saturated heterocycles. The second kappa shape index (κ2) is 6.85. The van der Waals surface area contributed by atoms with Gasteiger partial charge in [-0.3, -0.25) is 9.69 Å². The number of aliphatic carboxylic acids is 1. The van der Waals surface area contributed by atoms with Crippen LogP contribution >= 0.6 is 0 Å². The average molecular weight is 345 g/mol. The second-order valence-electron chi connectivity index (χ2n) is 6.44. The van der Waals surface area contributed by atoms with E-state index in [9.17, 15) is 19.8 Å². The minimum atomic E-state index is -1.01. The maximum absolute atomic E-state index is 12.0. The van der Waals surface area contributed by atoms with E-state index in [1.54, 1.807) is 24.4 Å². The minimum absolute atomic E-state index is 0.167. The van der Waals surface area contributed by atoms with Crippen LogP contribution in [0.5, 0.6) is 0 Å². The van der Waals surface area contributed by atoms with E-state index in [4.69, 9.17) is 0 Å². The number of hydrogen-bond donors (Lipinski definition) is 2. The van der Waals surface area contributed by atoms with Gasteiger partial charge in [-0.15, -0.1) is 0 Å². The number of fused-ring (bicyclic) bond motifs is 1. The molecule has 1 fully saturated rings. The number of aryl methyl sites for hydroxylation is 1. The highest BCUT2D eigenvalue weighted by Crippen LogP contribution is 2.31. The number of carboxylic acids is 2. The predicted octanol–water partition coefficient (Wildman–Crippen LogP) is 1.64. The summed E-state index contributed by atoms with van der Waals surface area (Å²) >= 11 is 0. The Morgan fingerprint density at radius 2 is 1.84 bits per heavy atom. The van der Waals surface area contributed by atoms with Crippen LogP contribution in [0.2, 0.25) is 0 Å². The third kappa shape index (κ3) is 3.25. The van der Waals surface area contributed by atoms with Gasteiger partial charge < -0.3 is 19.7 Å². The predicted molar refractivity (Wildman–Crippen MR) is 93.9 cm³/mol. The molecule has 134 valence electrons. The first-order valence-electron chi connectivity index (χ1n) is 8.43. The summed E-state index contributed by atoms with van der Waals surface area (Å²) in [6.07, 6.45) is 1.81. The molecule has 7 heteroatoms. The Hall–Kier alpha value is -2.38. The molecule has 3 rings (SSSR count). The Labute approximate surface area is 146 Å². The molecule has 2 N–H and O–H groups in total. The summed E-state index contributed by atoms with van der Waals surface area (Å²) < 4.78 is 1.86. The van der Waals surface area contributed by atoms with Gasteiger partial charge in [0.15, 0.2) is 0 Å². The van der Waals surface area contributed by atoms with Crippen molar-refractivity contribution in [1.29, 1.82) is 0 Å². The number of aromatic carboxylic acids is 1. The molecule has 0 aliphatic carbocycles. The lowest BCUT2D eigenvalue weighted by atomic mass is 10.0. The van der Waals surface area contributed by atoms with Crippen LogP contribution < -0.4 is 0 Å². The van der Waals surface area contributed by atoms with E-state index in [0.717, 1.165) is 25.2 Å². The van der Waals surface area contributed by atoms with E-state index in [2.05, 4.69) is 11.8 Å². The van der Waals surface area contributed by atoms with Gasteiger partial charge in [0.2, 0.25) is 0 Å². The first-order valence-corrected chi connectivity index (χ1v) is 8.43. The smallest absolute Gasteiger partial charge is 0.335 e. The Balaban J connectivity index is 2.03. The van der Waals surface area contributed by atoms with Crippen molar-refractivity contribution in [3.63, 3.8) is 0 Å². The minimum Gasteiger partial charge on any atom is -0.480 e. The fourth-order valence-corrected chi connectivity index (χ4v) is 3.60. The molecule has 25 heavy (non-hydrogen) atoms. The summed E-state index contributed by atoms with van der Waals surface area (Å²) in [4.78, 5) is 27.6. The van der Waals surface area contributed by atoms with Gasteiger partial charge in [0.25, 0.3) is 0 Å². The summed E-state index contributed by atoms with van der Waals surface area (Å²) in [6.45, 7) is 6.10. The molecule has 0 amide bonds. The highest BCUT2D eigenvalue weighted by Gasteiger charge is 2.32. The Bertz CT molecular complexity index is 806. The van der Waals surface area contributed by atoms with Crippen LogP contribution in [0.3, 0.4) is 0 Å². The fraction of sp³-hybridized carbons (Fsp3) is 0.444. The van der Waals surface area contributed by atoms with Gasteiger partial charge in [-0.2, -0.15) is 0 Å². The third-order valence-electron chi connectivity index (χ3n) is 5.01. The first kappa shape index (κ1) is 17.4. The van der Waals surface area contributed by atoms with E-state index in [0.29, 0.717) is 24.0 Å². The standard InChI is InChI=1S/C18H23N3O4/c1-3-20-6-8-21(9-7-20)16(18(24)25)14-11-19(2)15-5-4-12(17(22)23)10-13(14)15/h4-5,10-11,16H,3,6-9H2,1-2H3,(H,22,23)(H,24,25)/t16-/m0/s1. The van der Waals surface area contributed by atoms with Crippen LogP contribution in [0.25, 0.3) is 10.9 Å². The number of carboxylic acid groups (broad SMARTS) is 2. The van der Waals surface area contributed by atoms with Crippen molar-refractivity contribution < 1.29 is 19.8 Å². The molecule has 1 atom stereocenters. The van der Waals surface area contributed by atoms with Crippen LogP contribution in [0.15, 0.2) is 24.4 Å². The van der Waals surface area contributed by atoms with Crippen molar-refractivity contribution in [2.45, 2.75) is 13.0 Å². The molecule has 1 aromatic heterocycles. The van der Waals surface area contributed by atoms with E-state index < -0.39 is 18.0 Å². The molecule has 0 saturated carbocycles. The van der Waals surface area contributed by atoms with E-state index in [1.807, 2.05) is 16.5 Å². The van der Waals surface area contributed by atoms with E-state index in [-0.39, 0.29) is 5.56 Å². The molecule has 0 radical (unpaired) electrons. The Morgan fingerprint density at radius 1 is 1.16 bits per heavy atom.